The standard InChI is InChI=1S/C16H19ClN6O/c17-15-9-12(23-11-18-19-20-23)4-5-14(15)16(24)22-8-2-7-21-6-1-3-13(21)10-22/h4-5,9,11,13H,1-3,6-8,10H2. The summed E-state index contributed by atoms with van der Waals surface area (Å²) >= 11 is 6.37. The summed E-state index contributed by atoms with van der Waals surface area (Å²) in [7, 11) is 0. The van der Waals surface area contributed by atoms with Gasteiger partial charge in [-0.05, 0) is 54.4 Å². The minimum atomic E-state index is 0.0111. The Morgan fingerprint density at radius 2 is 2.08 bits per heavy atom. The van der Waals surface area contributed by atoms with Crippen LogP contribution in [0.4, 0.5) is 0 Å². The molecule has 1 unspecified atom stereocenters. The molecule has 2 aromatic rings. The molecule has 1 amide bonds. The minimum Gasteiger partial charge on any atom is -0.337 e. The molecule has 0 N–H and O–H groups in total. The van der Waals surface area contributed by atoms with Gasteiger partial charge in [-0.2, -0.15) is 0 Å². The van der Waals surface area contributed by atoms with Gasteiger partial charge in [0.15, 0.2) is 0 Å². The van der Waals surface area contributed by atoms with Gasteiger partial charge < -0.3 is 4.90 Å². The molecule has 126 valence electrons. The summed E-state index contributed by atoms with van der Waals surface area (Å²) in [5, 5.41) is 11.5. The molecule has 1 aromatic carbocycles. The van der Waals surface area contributed by atoms with Crippen LogP contribution in [0.3, 0.4) is 0 Å². The van der Waals surface area contributed by atoms with Crippen molar-refractivity contribution >= 4 is 17.5 Å². The predicted octanol–water partition coefficient (Wildman–Crippen LogP) is 1.63. The van der Waals surface area contributed by atoms with E-state index < -0.39 is 0 Å². The van der Waals surface area contributed by atoms with Crippen molar-refractivity contribution in [3.8, 4) is 5.69 Å². The van der Waals surface area contributed by atoms with E-state index in [-0.39, 0.29) is 5.91 Å². The number of amides is 1. The molecule has 0 radical (unpaired) electrons. The number of aromatic nitrogens is 4. The van der Waals surface area contributed by atoms with Gasteiger partial charge in [0.05, 0.1) is 16.3 Å². The van der Waals surface area contributed by atoms with Crippen molar-refractivity contribution in [3.05, 3.63) is 35.1 Å². The van der Waals surface area contributed by atoms with Gasteiger partial charge in [-0.1, -0.05) is 11.6 Å². The second kappa shape index (κ2) is 6.49. The fraction of sp³-hybridized carbons (Fsp3) is 0.500. The first-order chi connectivity index (χ1) is 11.7. The minimum absolute atomic E-state index is 0.0111. The number of hydrogen-bond acceptors (Lipinski definition) is 5. The van der Waals surface area contributed by atoms with Crippen molar-refractivity contribution < 1.29 is 4.79 Å². The van der Waals surface area contributed by atoms with Crippen LogP contribution < -0.4 is 0 Å². The van der Waals surface area contributed by atoms with Gasteiger partial charge in [-0.25, -0.2) is 4.68 Å². The molecular weight excluding hydrogens is 328 g/mol. The third kappa shape index (κ3) is 2.89. The van der Waals surface area contributed by atoms with Crippen LogP contribution in [0.1, 0.15) is 29.6 Å². The van der Waals surface area contributed by atoms with Crippen molar-refractivity contribution in [1.82, 2.24) is 30.0 Å². The molecule has 2 aliphatic heterocycles. The number of fused-ring (bicyclic) bond motifs is 1. The van der Waals surface area contributed by atoms with Crippen LogP contribution in [0.15, 0.2) is 24.5 Å². The second-order valence-corrected chi connectivity index (χ2v) is 6.76. The Balaban J connectivity index is 1.55. The zero-order valence-electron chi connectivity index (χ0n) is 13.3. The molecule has 0 saturated carbocycles. The predicted molar refractivity (Wildman–Crippen MR) is 89.3 cm³/mol. The number of benzene rings is 1. The molecule has 24 heavy (non-hydrogen) atoms. The van der Waals surface area contributed by atoms with E-state index in [1.54, 1.807) is 12.1 Å². The fourth-order valence-corrected chi connectivity index (χ4v) is 3.92. The smallest absolute Gasteiger partial charge is 0.255 e. The highest BCUT2D eigenvalue weighted by molar-refractivity contribution is 6.34. The number of carbonyl (C=O) groups is 1. The first-order valence-electron chi connectivity index (χ1n) is 8.28. The zero-order chi connectivity index (χ0) is 16.5. The van der Waals surface area contributed by atoms with Gasteiger partial charge in [-0.15, -0.1) is 5.10 Å². The van der Waals surface area contributed by atoms with Crippen LogP contribution in [-0.4, -0.2) is 68.1 Å². The van der Waals surface area contributed by atoms with E-state index in [0.717, 1.165) is 38.3 Å². The highest BCUT2D eigenvalue weighted by Gasteiger charge is 2.31. The summed E-state index contributed by atoms with van der Waals surface area (Å²) in [6, 6.07) is 5.80. The maximum Gasteiger partial charge on any atom is 0.255 e. The number of carbonyl (C=O) groups excluding carboxylic acids is 1. The van der Waals surface area contributed by atoms with Gasteiger partial charge in [0.2, 0.25) is 0 Å². The molecule has 0 aliphatic carbocycles. The van der Waals surface area contributed by atoms with Gasteiger partial charge in [0, 0.05) is 25.7 Å². The topological polar surface area (TPSA) is 67.2 Å². The first-order valence-corrected chi connectivity index (χ1v) is 8.66. The van der Waals surface area contributed by atoms with E-state index in [4.69, 9.17) is 11.6 Å². The molecule has 3 heterocycles. The van der Waals surface area contributed by atoms with E-state index in [0.29, 0.717) is 16.6 Å². The molecule has 1 aromatic heterocycles. The summed E-state index contributed by atoms with van der Waals surface area (Å²) in [4.78, 5) is 17.4. The molecule has 7 nitrogen and oxygen atoms in total. The Morgan fingerprint density at radius 1 is 1.21 bits per heavy atom. The Morgan fingerprint density at radius 3 is 2.88 bits per heavy atom. The largest absolute Gasteiger partial charge is 0.337 e. The molecule has 0 spiro atoms. The highest BCUT2D eigenvalue weighted by atomic mass is 35.5. The van der Waals surface area contributed by atoms with Crippen molar-refractivity contribution in [3.63, 3.8) is 0 Å². The van der Waals surface area contributed by atoms with Gasteiger partial charge in [0.1, 0.15) is 6.33 Å². The number of hydrogen-bond donors (Lipinski definition) is 0. The quantitative estimate of drug-likeness (QED) is 0.826. The monoisotopic (exact) mass is 346 g/mol. The Hall–Kier alpha value is -1.99. The SMILES string of the molecule is O=C(c1ccc(-n2cnnn2)cc1Cl)N1CCCN2CCCC2C1. The van der Waals surface area contributed by atoms with Gasteiger partial charge >= 0.3 is 0 Å². The average Bonchev–Trinajstić information content (AvgIpc) is 3.23. The maximum absolute atomic E-state index is 12.9. The van der Waals surface area contributed by atoms with E-state index in [1.165, 1.54) is 23.9 Å². The molecule has 4 rings (SSSR count). The zero-order valence-corrected chi connectivity index (χ0v) is 14.1. The average molecular weight is 347 g/mol. The number of nitrogens with zero attached hydrogens (tertiary/aromatic N) is 6. The lowest BCUT2D eigenvalue weighted by Crippen LogP contribution is -2.39. The van der Waals surface area contributed by atoms with E-state index in [2.05, 4.69) is 20.4 Å². The maximum atomic E-state index is 12.9. The lowest BCUT2D eigenvalue weighted by atomic mass is 10.1. The summed E-state index contributed by atoms with van der Waals surface area (Å²) in [6.07, 6.45) is 4.92. The van der Waals surface area contributed by atoms with Crippen LogP contribution >= 0.6 is 11.6 Å². The third-order valence-corrected chi connectivity index (χ3v) is 5.20. The van der Waals surface area contributed by atoms with Crippen molar-refractivity contribution in [1.29, 1.82) is 0 Å². The summed E-state index contributed by atoms with van der Waals surface area (Å²) in [5.41, 5.74) is 1.28. The number of rotatable bonds is 2. The molecule has 0 bridgehead atoms. The second-order valence-electron chi connectivity index (χ2n) is 6.36. The van der Waals surface area contributed by atoms with Crippen LogP contribution in [-0.2, 0) is 0 Å². The summed E-state index contributed by atoms with van der Waals surface area (Å²) in [6.45, 7) is 3.83. The molecule has 8 heteroatoms. The summed E-state index contributed by atoms with van der Waals surface area (Å²) in [5.74, 6) is 0.0111. The Bertz CT molecular complexity index is 734. The number of tetrazole rings is 1. The van der Waals surface area contributed by atoms with E-state index >= 15 is 0 Å². The Labute approximate surface area is 145 Å². The first kappa shape index (κ1) is 15.5. The normalized spacial score (nSPS) is 21.5. The molecule has 2 saturated heterocycles. The van der Waals surface area contributed by atoms with Crippen LogP contribution in [0.2, 0.25) is 5.02 Å². The van der Waals surface area contributed by atoms with Crippen LogP contribution in [0.5, 0.6) is 0 Å². The molecule has 2 fully saturated rings. The Kier molecular flexibility index (Phi) is 4.20. The van der Waals surface area contributed by atoms with Crippen molar-refractivity contribution in [2.75, 3.05) is 26.2 Å². The molecule has 1 atom stereocenters. The number of halogens is 1. The lowest BCUT2D eigenvalue weighted by Gasteiger charge is -2.26. The highest BCUT2D eigenvalue weighted by Crippen LogP contribution is 2.25. The summed E-state index contributed by atoms with van der Waals surface area (Å²) < 4.78 is 1.52. The van der Waals surface area contributed by atoms with Crippen LogP contribution in [0.25, 0.3) is 5.69 Å². The lowest BCUT2D eigenvalue weighted by molar-refractivity contribution is 0.0743. The van der Waals surface area contributed by atoms with E-state index in [9.17, 15) is 4.79 Å². The molecule has 2 aliphatic rings. The van der Waals surface area contributed by atoms with Gasteiger partial charge in [-0.3, -0.25) is 9.69 Å². The molecular formula is C16H19ClN6O. The van der Waals surface area contributed by atoms with E-state index in [1.807, 2.05) is 11.0 Å². The fourth-order valence-electron chi connectivity index (χ4n) is 3.66. The van der Waals surface area contributed by atoms with Crippen molar-refractivity contribution in [2.24, 2.45) is 0 Å². The van der Waals surface area contributed by atoms with Crippen LogP contribution in [0, 0.1) is 0 Å². The van der Waals surface area contributed by atoms with Gasteiger partial charge in [0.25, 0.3) is 5.91 Å². The third-order valence-electron chi connectivity index (χ3n) is 4.89. The van der Waals surface area contributed by atoms with Crippen molar-refractivity contribution in [2.45, 2.75) is 25.3 Å².